The van der Waals surface area contributed by atoms with Gasteiger partial charge in [-0.3, -0.25) is 0 Å². The van der Waals surface area contributed by atoms with Crippen molar-refractivity contribution in [3.63, 3.8) is 0 Å². The molecule has 7 aromatic rings. The van der Waals surface area contributed by atoms with Crippen LogP contribution >= 0.6 is 212 Å². The predicted molar refractivity (Wildman–Crippen MR) is 504 cm³/mol. The first-order valence-electron chi connectivity index (χ1n) is 38.1. The van der Waals surface area contributed by atoms with Gasteiger partial charge in [-0.2, -0.15) is 0 Å². The lowest BCUT2D eigenvalue weighted by Crippen LogP contribution is -2.29. The van der Waals surface area contributed by atoms with Gasteiger partial charge >= 0.3 is 0 Å². The van der Waals surface area contributed by atoms with Gasteiger partial charge in [-0.05, 0) is 147 Å². The fourth-order valence-electron chi connectivity index (χ4n) is 14.0. The Hall–Kier alpha value is 0.840. The maximum absolute atomic E-state index is 2.56. The van der Waals surface area contributed by atoms with Crippen LogP contribution in [0.4, 0.5) is 0 Å². The van der Waals surface area contributed by atoms with E-state index in [1.165, 1.54) is 371 Å². The Labute approximate surface area is 688 Å². The van der Waals surface area contributed by atoms with Gasteiger partial charge in [0.1, 0.15) is 0 Å². The smallest absolute Gasteiger partial charge is 0.0586 e. The van der Waals surface area contributed by atoms with Gasteiger partial charge in [0.15, 0.2) is 0 Å². The summed E-state index contributed by atoms with van der Waals surface area (Å²) in [6, 6.07) is 30.7. The van der Waals surface area contributed by atoms with Gasteiger partial charge < -0.3 is 0 Å². The largest absolute Gasteiger partial charge is 0.118 e. The van der Waals surface area contributed by atoms with E-state index in [0.29, 0.717) is 0 Å². The third kappa shape index (κ3) is 22.0. The highest BCUT2D eigenvalue weighted by Gasteiger charge is 2.29. The molecule has 0 saturated carbocycles. The number of benzene rings is 3. The second kappa shape index (κ2) is 42.1. The lowest BCUT2D eigenvalue weighted by molar-refractivity contribution is 0.564. The Balaban J connectivity index is 1.14. The number of hydrogen-bond acceptors (Lipinski definition) is 18. The van der Waals surface area contributed by atoms with Crippen molar-refractivity contribution in [3.05, 3.63) is 159 Å². The molecule has 0 aliphatic carbocycles. The third-order valence-electron chi connectivity index (χ3n) is 19.7. The molecule has 24 bridgehead atoms. The van der Waals surface area contributed by atoms with E-state index in [9.17, 15) is 0 Å². The highest BCUT2D eigenvalue weighted by atomic mass is 32.3. The lowest BCUT2D eigenvalue weighted by atomic mass is 10.1. The van der Waals surface area contributed by atoms with E-state index >= 15 is 0 Å². The Morgan fingerprint density at radius 1 is 0.147 bits per heavy atom. The standard InChI is InChI=1S/C84H102S18/c1-55-73-85-49-31-25-19-13-7-8-14-20-27-33-51-87-75-57(3)93-81(99-75)69-63-39-37-61(38-40-63)67(79(91-55)97-73)68-62-41-43-64(44-42-62)70(82-94-58(4)76(100-82)88-52-34-28-22-16-10-9-15-21-26-32-50-86-74-56(2)92-80(68)98-74)72-66-47-45-65(46-48-66)71(69)83-95-59(5)77(101-83)89-53-35-29-23-17-11-12-18-24-30-36-54-90-78-60(6)96-84(72)102-78/h37-48H,7-36,49-54H2,1-6H3/b79-67-,80-68?,81-69+,82-70?,83-71?,84-72?. The minimum absolute atomic E-state index is 1.19. The molecule has 9 aliphatic rings. The van der Waals surface area contributed by atoms with Crippen LogP contribution < -0.4 is 31.3 Å². The first-order valence-corrected chi connectivity index (χ1v) is 53.8. The molecule has 18 heteroatoms. The molecule has 0 amide bonds. The van der Waals surface area contributed by atoms with Crippen LogP contribution in [-0.4, -0.2) is 34.5 Å². The SMILES string of the molecule is CC1=C2SCCCCCCCCCCCCSC3=C(C)SC(=c4/c5c6ccc(cc6)/c(c6c7ccc(cc7)c(c(c7ccc4cc7)=C(S1)S2)=C1SC(C)=C(SCCCCCCCCCCCCSC2=C(C)SC=6S2)S1)=C1/SC(C)=C(SCCCCCCCCCCCCSC2=C(C)S\C=5S2)S1)S3. The van der Waals surface area contributed by atoms with Gasteiger partial charge in [-0.1, -0.05) is 368 Å². The highest BCUT2D eigenvalue weighted by Crippen LogP contribution is 2.60. The molecule has 16 rings (SSSR count). The van der Waals surface area contributed by atoms with Crippen LogP contribution in [0.25, 0.3) is 57.7 Å². The van der Waals surface area contributed by atoms with Crippen LogP contribution in [0.2, 0.25) is 0 Å². The molecular formula is C84H102S18. The van der Waals surface area contributed by atoms with Crippen LogP contribution in [-0.2, 0) is 0 Å². The minimum Gasteiger partial charge on any atom is -0.118 e. The number of allylic oxidation sites excluding steroid dienone is 6. The molecule has 0 nitrogen and oxygen atoms in total. The quantitative estimate of drug-likeness (QED) is 0.164. The van der Waals surface area contributed by atoms with Crippen LogP contribution in [0.5, 0.6) is 0 Å². The van der Waals surface area contributed by atoms with Gasteiger partial charge in [-0.25, -0.2) is 0 Å². The third-order valence-corrected chi connectivity index (χ3v) is 44.9. The van der Waals surface area contributed by atoms with Crippen molar-refractivity contribution in [3.8, 4) is 0 Å². The number of hydrogen-bond donors (Lipinski definition) is 0. The Bertz CT molecular complexity index is 3680. The summed E-state index contributed by atoms with van der Waals surface area (Å²) < 4.78 is 17.6. The molecule has 7 aromatic carbocycles. The molecule has 9 aliphatic heterocycles. The molecule has 0 saturated heterocycles. The topological polar surface area (TPSA) is 0 Å². The Kier molecular flexibility index (Phi) is 33.4. The average molecular weight is 1690 g/mol. The van der Waals surface area contributed by atoms with E-state index in [0.717, 1.165) is 0 Å². The van der Waals surface area contributed by atoms with Crippen LogP contribution in [0.1, 0.15) is 234 Å². The van der Waals surface area contributed by atoms with Gasteiger partial charge in [0, 0.05) is 60.7 Å². The number of fused-ring (bicyclic) bond motifs is 15. The zero-order valence-corrected chi connectivity index (χ0v) is 75.4. The maximum Gasteiger partial charge on any atom is 0.0586 e. The van der Waals surface area contributed by atoms with E-state index < -0.39 is 0 Å². The molecule has 546 valence electrons. The van der Waals surface area contributed by atoms with E-state index in [1.807, 2.05) is 0 Å². The van der Waals surface area contributed by atoms with Crippen molar-refractivity contribution in [2.45, 2.75) is 234 Å². The molecular weight excluding hydrogens is 1590 g/mol. The number of rotatable bonds is 0. The van der Waals surface area contributed by atoms with Gasteiger partial charge in [-0.15, -0.1) is 70.6 Å². The maximum atomic E-state index is 2.56. The summed E-state index contributed by atoms with van der Waals surface area (Å²) in [4.78, 5) is 8.76. The molecule has 0 spiro atoms. The first-order chi connectivity index (χ1) is 50.1. The molecule has 102 heavy (non-hydrogen) atoms. The number of thioether (sulfide) groups is 18. The van der Waals surface area contributed by atoms with E-state index in [2.05, 4.69) is 326 Å². The summed E-state index contributed by atoms with van der Waals surface area (Å²) >= 11 is 37.6. The summed E-state index contributed by atoms with van der Waals surface area (Å²) in [7, 11) is 0. The Morgan fingerprint density at radius 2 is 0.265 bits per heavy atom. The average Bonchev–Trinajstić information content (AvgIpc) is 1.51. The van der Waals surface area contributed by atoms with Crippen molar-refractivity contribution in [1.29, 1.82) is 0 Å². The van der Waals surface area contributed by atoms with Crippen LogP contribution in [0, 0.1) is 0 Å². The molecule has 0 unspecified atom stereocenters. The second-order valence-corrected chi connectivity index (χ2v) is 50.9. The van der Waals surface area contributed by atoms with Crippen molar-refractivity contribution in [1.82, 2.24) is 0 Å². The molecule has 0 radical (unpaired) electrons. The highest BCUT2D eigenvalue weighted by molar-refractivity contribution is 8.44. The van der Waals surface area contributed by atoms with Gasteiger partial charge in [0.25, 0.3) is 0 Å². The zero-order chi connectivity index (χ0) is 70.0. The molecule has 0 aromatic heterocycles. The Morgan fingerprint density at radius 3 is 0.392 bits per heavy atom. The first kappa shape index (κ1) is 80.9. The lowest BCUT2D eigenvalue weighted by Gasteiger charge is -2.09. The summed E-state index contributed by atoms with van der Waals surface area (Å²) in [5.74, 6) is 7.11. The van der Waals surface area contributed by atoms with Crippen molar-refractivity contribution < 1.29 is 0 Å². The molecule has 0 atom stereocenters. The van der Waals surface area contributed by atoms with Crippen molar-refractivity contribution in [2.24, 2.45) is 0 Å². The monoisotopic (exact) mass is 1690 g/mol. The van der Waals surface area contributed by atoms with Crippen LogP contribution in [0.15, 0.2) is 128 Å². The second-order valence-electron chi connectivity index (χ2n) is 27.7. The fourth-order valence-corrected chi connectivity index (χ4v) is 39.7. The zero-order valence-electron chi connectivity index (χ0n) is 60.7. The summed E-state index contributed by atoms with van der Waals surface area (Å²) in [5, 5.41) is 16.2. The predicted octanol–water partition coefficient (Wildman–Crippen LogP) is 30.4. The molecule has 0 N–H and O–H groups in total. The normalized spacial score (nSPS) is 23.4. The summed E-state index contributed by atoms with van der Waals surface area (Å²) in [6.07, 6.45) is 40.5. The van der Waals surface area contributed by atoms with Crippen molar-refractivity contribution in [2.75, 3.05) is 34.5 Å². The van der Waals surface area contributed by atoms with Crippen LogP contribution in [0.3, 0.4) is 0 Å². The fraction of sp³-hybridized carbons (Fsp3) is 0.500. The van der Waals surface area contributed by atoms with E-state index in [4.69, 9.17) is 0 Å². The minimum atomic E-state index is 1.19. The van der Waals surface area contributed by atoms with E-state index in [-0.39, 0.29) is 0 Å². The van der Waals surface area contributed by atoms with Crippen molar-refractivity contribution >= 4 is 269 Å². The molecule has 9 heterocycles. The van der Waals surface area contributed by atoms with E-state index in [1.54, 1.807) is 0 Å². The summed E-state index contributed by atoms with van der Waals surface area (Å²) in [5.41, 5.74) is 0. The van der Waals surface area contributed by atoms with Gasteiger partial charge in [0.05, 0.1) is 50.8 Å². The van der Waals surface area contributed by atoms with Gasteiger partial charge in [0.2, 0.25) is 0 Å². The molecule has 0 fully saturated rings. The summed E-state index contributed by atoms with van der Waals surface area (Å²) in [6.45, 7) is 14.5.